The topological polar surface area (TPSA) is 73.4 Å². The molecule has 1 aromatic carbocycles. The molecule has 1 aliphatic rings. The molecule has 0 saturated carbocycles. The number of fused-ring (bicyclic) bond motifs is 1. The fourth-order valence-electron chi connectivity index (χ4n) is 2.23. The van der Waals surface area contributed by atoms with E-state index in [-0.39, 0.29) is 13.2 Å². The van der Waals surface area contributed by atoms with Gasteiger partial charge in [0.05, 0.1) is 12.7 Å². The van der Waals surface area contributed by atoms with E-state index in [9.17, 15) is 18.0 Å². The highest BCUT2D eigenvalue weighted by molar-refractivity contribution is 5.45. The number of alkyl halides is 3. The minimum atomic E-state index is -4.77. The van der Waals surface area contributed by atoms with Crippen LogP contribution in [0.3, 0.4) is 0 Å². The summed E-state index contributed by atoms with van der Waals surface area (Å²) in [5, 5.41) is 0. The van der Waals surface area contributed by atoms with Crippen molar-refractivity contribution in [2.24, 2.45) is 0 Å². The molecule has 0 bridgehead atoms. The average Bonchev–Trinajstić information content (AvgIpc) is 2.95. The fourth-order valence-corrected chi connectivity index (χ4v) is 2.23. The van der Waals surface area contributed by atoms with Crippen LogP contribution < -0.4 is 19.8 Å². The van der Waals surface area contributed by atoms with E-state index in [1.807, 2.05) is 0 Å². The fraction of sp³-hybridized carbons (Fsp3) is 0.286. The lowest BCUT2D eigenvalue weighted by Crippen LogP contribution is -2.24. The highest BCUT2D eigenvalue weighted by Gasteiger charge is 2.37. The van der Waals surface area contributed by atoms with Gasteiger partial charge >= 0.3 is 6.18 Å². The minimum Gasteiger partial charge on any atom is -0.468 e. The number of ether oxygens (including phenoxy) is 3. The van der Waals surface area contributed by atoms with Gasteiger partial charge < -0.3 is 14.2 Å². The van der Waals surface area contributed by atoms with E-state index in [2.05, 4.69) is 14.7 Å². The van der Waals surface area contributed by atoms with Crippen molar-refractivity contribution in [1.29, 1.82) is 0 Å². The van der Waals surface area contributed by atoms with Gasteiger partial charge in [-0.3, -0.25) is 9.78 Å². The Hall–Kier alpha value is -2.71. The van der Waals surface area contributed by atoms with Gasteiger partial charge in [0.1, 0.15) is 0 Å². The van der Waals surface area contributed by atoms with E-state index in [1.54, 1.807) is 12.1 Å². The van der Waals surface area contributed by atoms with Crippen molar-refractivity contribution in [3.63, 3.8) is 0 Å². The molecule has 0 aliphatic carbocycles. The van der Waals surface area contributed by atoms with Crippen LogP contribution in [-0.2, 0) is 12.6 Å². The lowest BCUT2D eigenvalue weighted by Gasteiger charge is -2.12. The summed E-state index contributed by atoms with van der Waals surface area (Å²) >= 11 is 0. The van der Waals surface area contributed by atoms with E-state index in [0.29, 0.717) is 17.1 Å². The molecular weight excluding hydrogens is 317 g/mol. The molecular formula is C14H11F3N2O4. The molecule has 0 amide bonds. The van der Waals surface area contributed by atoms with Gasteiger partial charge in [-0.15, -0.1) is 0 Å². The Labute approximate surface area is 127 Å². The third-order valence-electron chi connectivity index (χ3n) is 3.27. The number of methoxy groups -OCH3 is 1. The zero-order chi connectivity index (χ0) is 16.6. The van der Waals surface area contributed by atoms with Gasteiger partial charge in [0.15, 0.2) is 17.2 Å². The Kier molecular flexibility index (Phi) is 3.63. The first-order valence-electron chi connectivity index (χ1n) is 6.51. The molecule has 1 aliphatic heterocycles. The number of benzene rings is 1. The Morgan fingerprint density at radius 1 is 1.30 bits per heavy atom. The summed E-state index contributed by atoms with van der Waals surface area (Å²) in [6.45, 7) is 0.0528. The molecule has 6 nitrogen and oxygen atoms in total. The zero-order valence-corrected chi connectivity index (χ0v) is 11.9. The maximum absolute atomic E-state index is 13.2. The van der Waals surface area contributed by atoms with Crippen molar-refractivity contribution in [2.75, 3.05) is 13.9 Å². The van der Waals surface area contributed by atoms with Crippen molar-refractivity contribution in [3.8, 4) is 17.5 Å². The monoisotopic (exact) mass is 328 g/mol. The van der Waals surface area contributed by atoms with Gasteiger partial charge in [-0.25, -0.2) is 0 Å². The number of rotatable bonds is 3. The largest absolute Gasteiger partial charge is 0.468 e. The smallest absolute Gasteiger partial charge is 0.434 e. The predicted molar refractivity (Wildman–Crippen MR) is 71.8 cm³/mol. The second kappa shape index (κ2) is 5.49. The quantitative estimate of drug-likeness (QED) is 0.934. The first-order valence-corrected chi connectivity index (χ1v) is 6.51. The molecule has 0 unspecified atom stereocenters. The number of hydrogen-bond donors (Lipinski definition) is 1. The number of aromatic amines is 1. The minimum absolute atomic E-state index is 0.0528. The van der Waals surface area contributed by atoms with Crippen molar-refractivity contribution in [2.45, 2.75) is 12.6 Å². The van der Waals surface area contributed by atoms with Gasteiger partial charge in [-0.05, 0) is 17.7 Å². The van der Waals surface area contributed by atoms with Gasteiger partial charge in [0.25, 0.3) is 11.6 Å². The van der Waals surface area contributed by atoms with Crippen LogP contribution >= 0.6 is 0 Å². The van der Waals surface area contributed by atoms with Crippen molar-refractivity contribution in [3.05, 3.63) is 45.4 Å². The van der Waals surface area contributed by atoms with Gasteiger partial charge in [0, 0.05) is 6.42 Å². The van der Waals surface area contributed by atoms with Gasteiger partial charge in [-0.2, -0.15) is 18.2 Å². The third-order valence-corrected chi connectivity index (χ3v) is 3.27. The Balaban J connectivity index is 2.04. The Morgan fingerprint density at radius 2 is 2.04 bits per heavy atom. The second-order valence-corrected chi connectivity index (χ2v) is 4.76. The first kappa shape index (κ1) is 15.2. The molecule has 2 aromatic rings. The van der Waals surface area contributed by atoms with Crippen LogP contribution in [0.5, 0.6) is 17.5 Å². The molecule has 0 saturated heterocycles. The van der Waals surface area contributed by atoms with E-state index in [4.69, 9.17) is 9.47 Å². The number of aromatic nitrogens is 2. The molecule has 0 fully saturated rings. The number of nitrogens with zero attached hydrogens (tertiary/aromatic N) is 1. The summed E-state index contributed by atoms with van der Waals surface area (Å²) in [5.74, 6) is 0.931. The summed E-state index contributed by atoms with van der Waals surface area (Å²) in [5.41, 5.74) is -2.19. The summed E-state index contributed by atoms with van der Waals surface area (Å²) in [6.07, 6.45) is -5.02. The van der Waals surface area contributed by atoms with E-state index in [0.717, 1.165) is 7.11 Å². The first-order chi connectivity index (χ1) is 10.9. The molecule has 1 aromatic heterocycles. The average molecular weight is 328 g/mol. The molecule has 0 atom stereocenters. The van der Waals surface area contributed by atoms with Crippen molar-refractivity contribution < 1.29 is 27.4 Å². The van der Waals surface area contributed by atoms with Crippen LogP contribution in [0.2, 0.25) is 0 Å². The van der Waals surface area contributed by atoms with Crippen LogP contribution in [0, 0.1) is 0 Å². The van der Waals surface area contributed by atoms with Crippen molar-refractivity contribution in [1.82, 2.24) is 9.97 Å². The SMILES string of the molecule is COc1nc(C(F)(F)F)c(Cc2ccc3c(c2)OCO3)c(=O)[nH]1. The Bertz CT molecular complexity index is 802. The molecule has 9 heteroatoms. The molecule has 1 N–H and O–H groups in total. The van der Waals surface area contributed by atoms with Crippen LogP contribution in [-0.4, -0.2) is 23.9 Å². The van der Waals surface area contributed by atoms with Gasteiger partial charge in [0.2, 0.25) is 6.79 Å². The maximum Gasteiger partial charge on any atom is 0.434 e. The summed E-state index contributed by atoms with van der Waals surface area (Å²) < 4.78 is 54.4. The molecule has 2 heterocycles. The highest BCUT2D eigenvalue weighted by atomic mass is 19.4. The van der Waals surface area contributed by atoms with E-state index in [1.165, 1.54) is 6.07 Å². The highest BCUT2D eigenvalue weighted by Crippen LogP contribution is 2.34. The van der Waals surface area contributed by atoms with Crippen molar-refractivity contribution >= 4 is 0 Å². The standard InChI is InChI=1S/C14H11F3N2O4/c1-21-13-18-11(14(15,16)17)8(12(20)19-13)4-7-2-3-9-10(5-7)23-6-22-9/h2-3,5H,4,6H2,1H3,(H,18,19,20). The summed E-state index contributed by atoms with van der Waals surface area (Å²) in [6, 6.07) is 4.19. The summed E-state index contributed by atoms with van der Waals surface area (Å²) in [4.78, 5) is 17.5. The number of halogens is 3. The molecule has 122 valence electrons. The molecule has 0 spiro atoms. The maximum atomic E-state index is 13.2. The number of H-pyrrole nitrogens is 1. The van der Waals surface area contributed by atoms with Crippen LogP contribution in [0.25, 0.3) is 0 Å². The molecule has 0 radical (unpaired) electrons. The lowest BCUT2D eigenvalue weighted by atomic mass is 10.0. The number of hydrogen-bond acceptors (Lipinski definition) is 5. The van der Waals surface area contributed by atoms with Crippen LogP contribution in [0.1, 0.15) is 16.8 Å². The molecule has 3 rings (SSSR count). The lowest BCUT2D eigenvalue weighted by molar-refractivity contribution is -0.142. The normalized spacial score (nSPS) is 13.2. The van der Waals surface area contributed by atoms with Gasteiger partial charge in [-0.1, -0.05) is 6.07 Å². The van der Waals surface area contributed by atoms with E-state index < -0.39 is 29.0 Å². The van der Waals surface area contributed by atoms with Crippen LogP contribution in [0.15, 0.2) is 23.0 Å². The second-order valence-electron chi connectivity index (χ2n) is 4.76. The predicted octanol–water partition coefficient (Wildman–Crippen LogP) is 2.12. The third kappa shape index (κ3) is 2.94. The molecule has 23 heavy (non-hydrogen) atoms. The number of nitrogens with one attached hydrogen (secondary N) is 1. The van der Waals surface area contributed by atoms with E-state index >= 15 is 0 Å². The Morgan fingerprint density at radius 3 is 2.74 bits per heavy atom. The zero-order valence-electron chi connectivity index (χ0n) is 11.9. The van der Waals surface area contributed by atoms with Crippen LogP contribution in [0.4, 0.5) is 13.2 Å². The summed E-state index contributed by atoms with van der Waals surface area (Å²) in [7, 11) is 1.12.